The van der Waals surface area contributed by atoms with E-state index in [2.05, 4.69) is 5.10 Å². The van der Waals surface area contributed by atoms with Crippen molar-refractivity contribution >= 4 is 5.82 Å². The number of nitrogen functional groups attached to an aromatic ring is 1. The van der Waals surface area contributed by atoms with Gasteiger partial charge >= 0.3 is 0 Å². The van der Waals surface area contributed by atoms with Crippen molar-refractivity contribution in [2.75, 3.05) is 5.73 Å². The van der Waals surface area contributed by atoms with Crippen LogP contribution in [0.2, 0.25) is 0 Å². The molecule has 0 aliphatic carbocycles. The standard InChI is InChI=1S/C11H12FN3/c1-7-5-8(3-4-9(7)12)10-6-11(13)15(2)14-10/h3-6H,13H2,1-2H3. The van der Waals surface area contributed by atoms with E-state index in [0.717, 1.165) is 11.3 Å². The van der Waals surface area contributed by atoms with Crippen molar-refractivity contribution in [3.63, 3.8) is 0 Å². The van der Waals surface area contributed by atoms with Crippen molar-refractivity contribution in [3.8, 4) is 11.3 Å². The van der Waals surface area contributed by atoms with Crippen LogP contribution < -0.4 is 5.73 Å². The second-order valence-electron chi connectivity index (χ2n) is 3.54. The van der Waals surface area contributed by atoms with Gasteiger partial charge in [-0.3, -0.25) is 4.68 Å². The monoisotopic (exact) mass is 205 g/mol. The fraction of sp³-hybridized carbons (Fsp3) is 0.182. The van der Waals surface area contributed by atoms with Crippen LogP contribution in [0, 0.1) is 12.7 Å². The molecule has 0 bridgehead atoms. The van der Waals surface area contributed by atoms with Crippen LogP contribution in [0.5, 0.6) is 0 Å². The molecule has 15 heavy (non-hydrogen) atoms. The summed E-state index contributed by atoms with van der Waals surface area (Å²) in [4.78, 5) is 0. The predicted octanol–water partition coefficient (Wildman–Crippen LogP) is 2.12. The summed E-state index contributed by atoms with van der Waals surface area (Å²) in [6, 6.07) is 6.67. The first kappa shape index (κ1) is 9.71. The van der Waals surface area contributed by atoms with E-state index >= 15 is 0 Å². The van der Waals surface area contributed by atoms with Crippen molar-refractivity contribution in [2.45, 2.75) is 6.92 Å². The van der Waals surface area contributed by atoms with Gasteiger partial charge in [-0.15, -0.1) is 0 Å². The number of anilines is 1. The van der Waals surface area contributed by atoms with E-state index in [9.17, 15) is 4.39 Å². The van der Waals surface area contributed by atoms with Crippen molar-refractivity contribution in [2.24, 2.45) is 7.05 Å². The second-order valence-corrected chi connectivity index (χ2v) is 3.54. The summed E-state index contributed by atoms with van der Waals surface area (Å²) in [5, 5.41) is 4.22. The van der Waals surface area contributed by atoms with Gasteiger partial charge < -0.3 is 5.73 Å². The molecule has 0 saturated heterocycles. The van der Waals surface area contributed by atoms with E-state index in [1.807, 2.05) is 0 Å². The fourth-order valence-corrected chi connectivity index (χ4v) is 1.43. The molecule has 0 spiro atoms. The normalized spacial score (nSPS) is 10.6. The number of aryl methyl sites for hydroxylation is 2. The minimum absolute atomic E-state index is 0.206. The van der Waals surface area contributed by atoms with Crippen LogP contribution in [-0.4, -0.2) is 9.78 Å². The Balaban J connectivity index is 2.49. The molecule has 2 rings (SSSR count). The highest BCUT2D eigenvalue weighted by atomic mass is 19.1. The van der Waals surface area contributed by atoms with Gasteiger partial charge in [-0.1, -0.05) is 0 Å². The molecule has 0 amide bonds. The summed E-state index contributed by atoms with van der Waals surface area (Å²) in [6.07, 6.45) is 0. The van der Waals surface area contributed by atoms with Crippen molar-refractivity contribution in [3.05, 3.63) is 35.6 Å². The van der Waals surface area contributed by atoms with E-state index in [0.29, 0.717) is 11.4 Å². The Kier molecular flexibility index (Phi) is 2.19. The molecule has 3 nitrogen and oxygen atoms in total. The first-order valence-corrected chi connectivity index (χ1v) is 4.64. The number of nitrogens with two attached hydrogens (primary N) is 1. The van der Waals surface area contributed by atoms with Crippen molar-refractivity contribution in [1.82, 2.24) is 9.78 Å². The van der Waals surface area contributed by atoms with E-state index < -0.39 is 0 Å². The minimum atomic E-state index is -0.206. The zero-order chi connectivity index (χ0) is 11.0. The van der Waals surface area contributed by atoms with Crippen LogP contribution in [0.15, 0.2) is 24.3 Å². The van der Waals surface area contributed by atoms with Crippen LogP contribution in [0.4, 0.5) is 10.2 Å². The highest BCUT2D eigenvalue weighted by Crippen LogP contribution is 2.21. The third-order valence-corrected chi connectivity index (χ3v) is 2.37. The zero-order valence-corrected chi connectivity index (χ0v) is 8.66. The SMILES string of the molecule is Cc1cc(-c2cc(N)n(C)n2)ccc1F. The molecule has 0 atom stereocenters. The Morgan fingerprint density at radius 3 is 2.60 bits per heavy atom. The molecule has 2 aromatic rings. The molecule has 78 valence electrons. The molecule has 2 N–H and O–H groups in total. The second kappa shape index (κ2) is 3.38. The lowest BCUT2D eigenvalue weighted by atomic mass is 10.1. The molecule has 1 aromatic heterocycles. The molecule has 0 saturated carbocycles. The Labute approximate surface area is 87.3 Å². The van der Waals surface area contributed by atoms with Crippen LogP contribution >= 0.6 is 0 Å². The van der Waals surface area contributed by atoms with E-state index in [1.165, 1.54) is 6.07 Å². The molecule has 1 heterocycles. The smallest absolute Gasteiger partial charge is 0.126 e. The van der Waals surface area contributed by atoms with Crippen LogP contribution in [0.1, 0.15) is 5.56 Å². The maximum atomic E-state index is 13.0. The van der Waals surface area contributed by atoms with Crippen molar-refractivity contribution in [1.29, 1.82) is 0 Å². The van der Waals surface area contributed by atoms with Crippen LogP contribution in [0.3, 0.4) is 0 Å². The Morgan fingerprint density at radius 2 is 2.07 bits per heavy atom. The number of nitrogens with zero attached hydrogens (tertiary/aromatic N) is 2. The lowest BCUT2D eigenvalue weighted by Crippen LogP contribution is -1.96. The van der Waals surface area contributed by atoms with Crippen LogP contribution in [-0.2, 0) is 7.05 Å². The number of benzene rings is 1. The molecule has 0 unspecified atom stereocenters. The lowest BCUT2D eigenvalue weighted by molar-refractivity contribution is 0.618. The van der Waals surface area contributed by atoms with Gasteiger partial charge in [-0.2, -0.15) is 5.10 Å². The number of halogens is 1. The molecule has 0 radical (unpaired) electrons. The molecule has 0 fully saturated rings. The van der Waals surface area contributed by atoms with Crippen molar-refractivity contribution < 1.29 is 4.39 Å². The Morgan fingerprint density at radius 1 is 1.33 bits per heavy atom. The summed E-state index contributed by atoms with van der Waals surface area (Å²) < 4.78 is 14.6. The van der Waals surface area contributed by atoms with E-state index in [-0.39, 0.29) is 5.82 Å². The Bertz CT molecular complexity index is 483. The lowest BCUT2D eigenvalue weighted by Gasteiger charge is -1.99. The number of hydrogen-bond donors (Lipinski definition) is 1. The predicted molar refractivity (Wildman–Crippen MR) is 57.8 cm³/mol. The molecule has 0 aliphatic rings. The highest BCUT2D eigenvalue weighted by molar-refractivity contribution is 5.63. The summed E-state index contributed by atoms with van der Waals surface area (Å²) in [6.45, 7) is 1.73. The van der Waals surface area contributed by atoms with Gasteiger partial charge in [0.25, 0.3) is 0 Å². The maximum absolute atomic E-state index is 13.0. The van der Waals surface area contributed by atoms with Gasteiger partial charge in [0.15, 0.2) is 0 Å². The maximum Gasteiger partial charge on any atom is 0.126 e. The fourth-order valence-electron chi connectivity index (χ4n) is 1.43. The van der Waals surface area contributed by atoms with E-state index in [1.54, 1.807) is 36.9 Å². The van der Waals surface area contributed by atoms with E-state index in [4.69, 9.17) is 5.73 Å². The summed E-state index contributed by atoms with van der Waals surface area (Å²) in [5.74, 6) is 0.384. The molecule has 0 aliphatic heterocycles. The van der Waals surface area contributed by atoms with Gasteiger partial charge in [-0.25, -0.2) is 4.39 Å². The summed E-state index contributed by atoms with van der Waals surface area (Å²) in [5.41, 5.74) is 7.92. The van der Waals surface area contributed by atoms with Gasteiger partial charge in [0.05, 0.1) is 5.69 Å². The third kappa shape index (κ3) is 1.70. The molecule has 1 aromatic carbocycles. The first-order chi connectivity index (χ1) is 7.08. The quantitative estimate of drug-likeness (QED) is 0.774. The number of aromatic nitrogens is 2. The average molecular weight is 205 g/mol. The molecule has 4 heteroatoms. The van der Waals surface area contributed by atoms with Gasteiger partial charge in [0.1, 0.15) is 11.6 Å². The summed E-state index contributed by atoms with van der Waals surface area (Å²) >= 11 is 0. The topological polar surface area (TPSA) is 43.8 Å². The largest absolute Gasteiger partial charge is 0.384 e. The molecular weight excluding hydrogens is 193 g/mol. The minimum Gasteiger partial charge on any atom is -0.384 e. The Hall–Kier alpha value is -1.84. The summed E-state index contributed by atoms with van der Waals surface area (Å²) in [7, 11) is 1.77. The third-order valence-electron chi connectivity index (χ3n) is 2.37. The van der Waals surface area contributed by atoms with Crippen LogP contribution in [0.25, 0.3) is 11.3 Å². The average Bonchev–Trinajstić information content (AvgIpc) is 2.52. The number of hydrogen-bond acceptors (Lipinski definition) is 2. The zero-order valence-electron chi connectivity index (χ0n) is 8.66. The van der Waals surface area contributed by atoms with Gasteiger partial charge in [-0.05, 0) is 30.7 Å². The number of rotatable bonds is 1. The first-order valence-electron chi connectivity index (χ1n) is 4.64. The van der Waals surface area contributed by atoms with Gasteiger partial charge in [0.2, 0.25) is 0 Å². The molecular formula is C11H12FN3. The van der Waals surface area contributed by atoms with Gasteiger partial charge in [0, 0.05) is 18.7 Å². The highest BCUT2D eigenvalue weighted by Gasteiger charge is 2.06.